The van der Waals surface area contributed by atoms with Crippen LogP contribution in [0.15, 0.2) is 10.9 Å². The predicted molar refractivity (Wildman–Crippen MR) is 65.5 cm³/mol. The van der Waals surface area contributed by atoms with Gasteiger partial charge >= 0.3 is 0 Å². The van der Waals surface area contributed by atoms with E-state index >= 15 is 0 Å². The summed E-state index contributed by atoms with van der Waals surface area (Å²) in [6.45, 7) is 8.83. The van der Waals surface area contributed by atoms with Gasteiger partial charge < -0.3 is 0 Å². The quantitative estimate of drug-likeness (QED) is 0.776. The van der Waals surface area contributed by atoms with Gasteiger partial charge in [0.2, 0.25) is 0 Å². The number of nitrogens with zero attached hydrogens (tertiary/aromatic N) is 2. The molecule has 0 aromatic carbocycles. The van der Waals surface area contributed by atoms with Crippen molar-refractivity contribution in [2.75, 3.05) is 0 Å². The molecule has 0 aliphatic rings. The first kappa shape index (κ1) is 12.4. The molecule has 0 atom stereocenters. The van der Waals surface area contributed by atoms with Gasteiger partial charge in [0.1, 0.15) is 0 Å². The van der Waals surface area contributed by atoms with E-state index in [4.69, 9.17) is 0 Å². The smallest absolute Gasteiger partial charge is 0.267 e. The van der Waals surface area contributed by atoms with Gasteiger partial charge in [0.25, 0.3) is 5.56 Å². The second-order valence-electron chi connectivity index (χ2n) is 4.56. The molecule has 0 fully saturated rings. The second-order valence-corrected chi connectivity index (χ2v) is 5.12. The fourth-order valence-corrected chi connectivity index (χ4v) is 1.68. The molecule has 0 bridgehead atoms. The zero-order valence-electron chi connectivity index (χ0n) is 9.67. The van der Waals surface area contributed by atoms with Gasteiger partial charge in [0.15, 0.2) is 0 Å². The van der Waals surface area contributed by atoms with Crippen molar-refractivity contribution in [3.8, 4) is 0 Å². The minimum atomic E-state index is -0.0263. The molecule has 0 aliphatic carbocycles. The molecule has 0 unspecified atom stereocenters. The van der Waals surface area contributed by atoms with Crippen LogP contribution < -0.4 is 5.56 Å². The highest BCUT2D eigenvalue weighted by Crippen LogP contribution is 2.19. The molecule has 1 aromatic rings. The summed E-state index contributed by atoms with van der Waals surface area (Å²) < 4.78 is 1.52. The number of rotatable bonds is 2. The molecule has 0 saturated carbocycles. The summed E-state index contributed by atoms with van der Waals surface area (Å²) >= 11 is 3.33. The average Bonchev–Trinajstić information content (AvgIpc) is 2.16. The minimum Gasteiger partial charge on any atom is -0.267 e. The normalized spacial score (nSPS) is 11.8. The zero-order chi connectivity index (χ0) is 11.6. The van der Waals surface area contributed by atoms with E-state index in [1.165, 1.54) is 4.68 Å². The lowest BCUT2D eigenvalue weighted by molar-refractivity contribution is 0.508. The Hall–Kier alpha value is -0.640. The van der Waals surface area contributed by atoms with Gasteiger partial charge in [0, 0.05) is 22.9 Å². The van der Waals surface area contributed by atoms with Crippen molar-refractivity contribution in [2.45, 2.75) is 45.0 Å². The summed E-state index contributed by atoms with van der Waals surface area (Å²) in [4.78, 5) is 11.8. The van der Waals surface area contributed by atoms with Crippen LogP contribution in [0.4, 0.5) is 0 Å². The lowest BCUT2D eigenvalue weighted by atomic mass is 9.91. The van der Waals surface area contributed by atoms with Crippen LogP contribution in [0.5, 0.6) is 0 Å². The summed E-state index contributed by atoms with van der Waals surface area (Å²) in [6.07, 6.45) is 0. The number of hydrogen-bond donors (Lipinski definition) is 0. The van der Waals surface area contributed by atoms with E-state index in [-0.39, 0.29) is 11.0 Å². The lowest BCUT2D eigenvalue weighted by Crippen LogP contribution is -2.29. The third-order valence-electron chi connectivity index (χ3n) is 2.26. The molecule has 0 amide bonds. The molecule has 0 radical (unpaired) electrons. The topological polar surface area (TPSA) is 34.9 Å². The first-order valence-corrected chi connectivity index (χ1v) is 6.19. The van der Waals surface area contributed by atoms with Crippen LogP contribution in [0.3, 0.4) is 0 Å². The summed E-state index contributed by atoms with van der Waals surface area (Å²) in [7, 11) is 0. The molecule has 1 aromatic heterocycles. The van der Waals surface area contributed by atoms with Crippen LogP contribution in [0.2, 0.25) is 0 Å². The Labute approximate surface area is 98.6 Å². The Morgan fingerprint density at radius 1 is 1.47 bits per heavy atom. The molecule has 3 nitrogen and oxygen atoms in total. The predicted octanol–water partition coefficient (Wildman–Crippen LogP) is 2.46. The van der Waals surface area contributed by atoms with Gasteiger partial charge in [-0.3, -0.25) is 4.79 Å². The van der Waals surface area contributed by atoms with Crippen molar-refractivity contribution in [2.24, 2.45) is 0 Å². The van der Waals surface area contributed by atoms with Crippen LogP contribution in [-0.4, -0.2) is 9.78 Å². The third kappa shape index (κ3) is 2.68. The number of alkyl halides is 1. The minimum absolute atomic E-state index is 0.00220. The molecule has 0 saturated heterocycles. The summed E-state index contributed by atoms with van der Waals surface area (Å²) in [6, 6.07) is 1.89. The van der Waals surface area contributed by atoms with E-state index in [2.05, 4.69) is 41.8 Å². The SMILES string of the molecule is CCn1nc(C(C)(C)C)cc(CBr)c1=O. The highest BCUT2D eigenvalue weighted by atomic mass is 79.9. The van der Waals surface area contributed by atoms with E-state index in [0.717, 1.165) is 11.3 Å². The van der Waals surface area contributed by atoms with E-state index in [0.29, 0.717) is 11.9 Å². The Morgan fingerprint density at radius 2 is 2.07 bits per heavy atom. The molecular formula is C11H17BrN2O. The Kier molecular flexibility index (Phi) is 3.71. The van der Waals surface area contributed by atoms with Gasteiger partial charge in [0.05, 0.1) is 5.69 Å². The number of aryl methyl sites for hydroxylation is 1. The summed E-state index contributed by atoms with van der Waals surface area (Å²) in [5.74, 6) is 0. The monoisotopic (exact) mass is 272 g/mol. The van der Waals surface area contributed by atoms with Gasteiger partial charge in [-0.1, -0.05) is 36.7 Å². The van der Waals surface area contributed by atoms with E-state index in [1.54, 1.807) is 0 Å². The zero-order valence-corrected chi connectivity index (χ0v) is 11.3. The number of hydrogen-bond acceptors (Lipinski definition) is 2. The van der Waals surface area contributed by atoms with Gasteiger partial charge in [-0.25, -0.2) is 4.68 Å². The van der Waals surface area contributed by atoms with Crippen molar-refractivity contribution in [1.29, 1.82) is 0 Å². The number of halogens is 1. The van der Waals surface area contributed by atoms with E-state index in [1.807, 2.05) is 13.0 Å². The van der Waals surface area contributed by atoms with Crippen LogP contribution >= 0.6 is 15.9 Å². The maximum Gasteiger partial charge on any atom is 0.270 e. The fourth-order valence-electron chi connectivity index (χ4n) is 1.27. The first-order valence-electron chi connectivity index (χ1n) is 5.07. The Balaban J connectivity index is 3.40. The van der Waals surface area contributed by atoms with E-state index in [9.17, 15) is 4.79 Å². The van der Waals surface area contributed by atoms with Gasteiger partial charge in [-0.15, -0.1) is 0 Å². The van der Waals surface area contributed by atoms with Crippen molar-refractivity contribution in [3.05, 3.63) is 27.7 Å². The second kappa shape index (κ2) is 4.47. The van der Waals surface area contributed by atoms with Crippen molar-refractivity contribution in [1.82, 2.24) is 9.78 Å². The molecule has 1 heterocycles. The molecular weight excluding hydrogens is 256 g/mol. The van der Waals surface area contributed by atoms with E-state index < -0.39 is 0 Å². The summed E-state index contributed by atoms with van der Waals surface area (Å²) in [5.41, 5.74) is 1.71. The molecule has 0 aliphatic heterocycles. The number of aromatic nitrogens is 2. The lowest BCUT2D eigenvalue weighted by Gasteiger charge is -2.19. The van der Waals surface area contributed by atoms with Crippen molar-refractivity contribution >= 4 is 15.9 Å². The standard InChI is InChI=1S/C11H17BrN2O/c1-5-14-10(15)8(7-12)6-9(13-14)11(2,3)4/h6H,5,7H2,1-4H3. The maximum atomic E-state index is 11.8. The first-order chi connectivity index (χ1) is 6.90. The van der Waals surface area contributed by atoms with Crippen LogP contribution in [-0.2, 0) is 17.3 Å². The van der Waals surface area contributed by atoms with Gasteiger partial charge in [-0.2, -0.15) is 5.10 Å². The molecule has 0 N–H and O–H groups in total. The van der Waals surface area contributed by atoms with Crippen LogP contribution in [0.1, 0.15) is 39.0 Å². The Bertz CT molecular complexity index is 376. The van der Waals surface area contributed by atoms with Crippen LogP contribution in [0.25, 0.3) is 0 Å². The molecule has 1 rings (SSSR count). The van der Waals surface area contributed by atoms with Crippen molar-refractivity contribution in [3.63, 3.8) is 0 Å². The highest BCUT2D eigenvalue weighted by Gasteiger charge is 2.18. The molecule has 0 spiro atoms. The average molecular weight is 273 g/mol. The van der Waals surface area contributed by atoms with Crippen molar-refractivity contribution < 1.29 is 0 Å². The van der Waals surface area contributed by atoms with Crippen LogP contribution in [0, 0.1) is 0 Å². The van der Waals surface area contributed by atoms with Gasteiger partial charge in [-0.05, 0) is 13.0 Å². The largest absolute Gasteiger partial charge is 0.270 e. The fraction of sp³-hybridized carbons (Fsp3) is 0.636. The molecule has 4 heteroatoms. The third-order valence-corrected chi connectivity index (χ3v) is 2.86. The summed E-state index contributed by atoms with van der Waals surface area (Å²) in [5, 5.41) is 4.93. The molecule has 84 valence electrons. The Morgan fingerprint density at radius 3 is 2.47 bits per heavy atom. The molecule has 15 heavy (non-hydrogen) atoms. The maximum absolute atomic E-state index is 11.8. The highest BCUT2D eigenvalue weighted by molar-refractivity contribution is 9.08.